The zero-order chi connectivity index (χ0) is 7.98. The number of nitrogens with two attached hydrogens (primary N) is 1. The Labute approximate surface area is 64.1 Å². The van der Waals surface area contributed by atoms with Crippen molar-refractivity contribution in [1.82, 2.24) is 5.43 Å². The van der Waals surface area contributed by atoms with Gasteiger partial charge in [-0.05, 0) is 6.92 Å². The van der Waals surface area contributed by atoms with Gasteiger partial charge in [-0.15, -0.1) is 11.8 Å². The molecular formula is C5H12N2O2S. The van der Waals surface area contributed by atoms with Crippen molar-refractivity contribution in [1.29, 1.82) is 0 Å². The van der Waals surface area contributed by atoms with E-state index < -0.39 is 0 Å². The summed E-state index contributed by atoms with van der Waals surface area (Å²) in [7, 11) is 0. The first-order chi connectivity index (χ1) is 4.72. The molecule has 0 fully saturated rings. The van der Waals surface area contributed by atoms with Crippen molar-refractivity contribution in [2.45, 2.75) is 12.2 Å². The topological polar surface area (TPSA) is 75.3 Å². The van der Waals surface area contributed by atoms with Gasteiger partial charge in [-0.1, -0.05) is 0 Å². The highest BCUT2D eigenvalue weighted by molar-refractivity contribution is 8.00. The van der Waals surface area contributed by atoms with Crippen LogP contribution in [-0.2, 0) is 4.79 Å². The number of thioether (sulfide) groups is 1. The quantitative estimate of drug-likeness (QED) is 0.286. The van der Waals surface area contributed by atoms with E-state index in [9.17, 15) is 4.79 Å². The molecule has 4 nitrogen and oxygen atoms in total. The van der Waals surface area contributed by atoms with Crippen LogP contribution in [0.1, 0.15) is 6.92 Å². The van der Waals surface area contributed by atoms with Crippen LogP contribution in [0.5, 0.6) is 0 Å². The Morgan fingerprint density at radius 1 is 1.90 bits per heavy atom. The number of amides is 1. The van der Waals surface area contributed by atoms with Crippen LogP contribution in [0.25, 0.3) is 0 Å². The molecule has 0 bridgehead atoms. The Balaban J connectivity index is 3.41. The molecule has 0 aromatic heterocycles. The molecule has 0 aromatic rings. The van der Waals surface area contributed by atoms with Crippen LogP contribution in [0.15, 0.2) is 0 Å². The number of nitrogens with one attached hydrogen (secondary N) is 1. The summed E-state index contributed by atoms with van der Waals surface area (Å²) < 4.78 is 0. The van der Waals surface area contributed by atoms with E-state index in [0.717, 1.165) is 0 Å². The lowest BCUT2D eigenvalue weighted by Crippen LogP contribution is -2.36. The minimum atomic E-state index is -0.210. The van der Waals surface area contributed by atoms with Gasteiger partial charge in [-0.2, -0.15) is 0 Å². The zero-order valence-corrected chi connectivity index (χ0v) is 6.65. The number of aliphatic hydroxyl groups excluding tert-OH is 1. The molecule has 60 valence electrons. The second-order valence-corrected chi connectivity index (χ2v) is 3.19. The van der Waals surface area contributed by atoms with Crippen LogP contribution in [0.4, 0.5) is 0 Å². The lowest BCUT2D eigenvalue weighted by atomic mass is 10.5. The highest BCUT2D eigenvalue weighted by Crippen LogP contribution is 2.08. The Morgan fingerprint density at radius 2 is 2.50 bits per heavy atom. The average Bonchev–Trinajstić information content (AvgIpc) is 1.98. The second-order valence-electron chi connectivity index (χ2n) is 1.75. The minimum absolute atomic E-state index is 0.0901. The number of hydrazine groups is 1. The molecule has 1 unspecified atom stereocenters. The van der Waals surface area contributed by atoms with Crippen molar-refractivity contribution in [2.24, 2.45) is 5.84 Å². The van der Waals surface area contributed by atoms with Crippen molar-refractivity contribution in [3.63, 3.8) is 0 Å². The van der Waals surface area contributed by atoms with E-state index in [1.807, 2.05) is 5.43 Å². The lowest BCUT2D eigenvalue weighted by Gasteiger charge is -2.06. The van der Waals surface area contributed by atoms with Crippen molar-refractivity contribution in [3.8, 4) is 0 Å². The maximum absolute atomic E-state index is 10.7. The Hall–Kier alpha value is -0.260. The van der Waals surface area contributed by atoms with Gasteiger partial charge in [0.15, 0.2) is 0 Å². The van der Waals surface area contributed by atoms with Crippen LogP contribution >= 0.6 is 11.8 Å². The largest absolute Gasteiger partial charge is 0.396 e. The third-order valence-electron chi connectivity index (χ3n) is 0.971. The smallest absolute Gasteiger partial charge is 0.246 e. The van der Waals surface area contributed by atoms with Gasteiger partial charge in [-0.25, -0.2) is 5.84 Å². The van der Waals surface area contributed by atoms with Gasteiger partial charge in [0.05, 0.1) is 11.9 Å². The van der Waals surface area contributed by atoms with E-state index in [2.05, 4.69) is 0 Å². The number of hydrogen-bond donors (Lipinski definition) is 3. The van der Waals surface area contributed by atoms with Gasteiger partial charge in [0.2, 0.25) is 5.91 Å². The molecular weight excluding hydrogens is 152 g/mol. The SMILES string of the molecule is CC(SCCO)C(=O)NN. The molecule has 5 heteroatoms. The molecule has 0 spiro atoms. The van der Waals surface area contributed by atoms with Crippen molar-refractivity contribution in [2.75, 3.05) is 12.4 Å². The van der Waals surface area contributed by atoms with Gasteiger partial charge in [0, 0.05) is 5.75 Å². The fourth-order valence-corrected chi connectivity index (χ4v) is 1.10. The lowest BCUT2D eigenvalue weighted by molar-refractivity contribution is -0.120. The Bertz CT molecular complexity index is 110. The van der Waals surface area contributed by atoms with Crippen molar-refractivity contribution < 1.29 is 9.90 Å². The van der Waals surface area contributed by atoms with Gasteiger partial charge in [0.1, 0.15) is 0 Å². The van der Waals surface area contributed by atoms with Gasteiger partial charge >= 0.3 is 0 Å². The van der Waals surface area contributed by atoms with Crippen molar-refractivity contribution in [3.05, 3.63) is 0 Å². The number of rotatable bonds is 4. The van der Waals surface area contributed by atoms with Crippen LogP contribution < -0.4 is 11.3 Å². The van der Waals surface area contributed by atoms with Crippen LogP contribution in [-0.4, -0.2) is 28.6 Å². The van der Waals surface area contributed by atoms with E-state index in [0.29, 0.717) is 5.75 Å². The molecule has 1 amide bonds. The van der Waals surface area contributed by atoms with E-state index in [1.54, 1.807) is 6.92 Å². The number of hydrogen-bond acceptors (Lipinski definition) is 4. The molecule has 0 rings (SSSR count). The third-order valence-corrected chi connectivity index (χ3v) is 2.10. The van der Waals surface area contributed by atoms with Crippen molar-refractivity contribution >= 4 is 17.7 Å². The third kappa shape index (κ3) is 3.71. The summed E-state index contributed by atoms with van der Waals surface area (Å²) in [6, 6.07) is 0. The van der Waals surface area contributed by atoms with Crippen LogP contribution in [0, 0.1) is 0 Å². The molecule has 4 N–H and O–H groups in total. The monoisotopic (exact) mass is 164 g/mol. The molecule has 0 heterocycles. The summed E-state index contributed by atoms with van der Waals surface area (Å²) in [5.41, 5.74) is 2.03. The summed E-state index contributed by atoms with van der Waals surface area (Å²) in [4.78, 5) is 10.7. The maximum Gasteiger partial charge on any atom is 0.246 e. The standard InChI is InChI=1S/C5H12N2O2S/c1-4(5(9)7-6)10-3-2-8/h4,8H,2-3,6H2,1H3,(H,7,9). The van der Waals surface area contributed by atoms with Crippen LogP contribution in [0.3, 0.4) is 0 Å². The van der Waals surface area contributed by atoms with E-state index >= 15 is 0 Å². The molecule has 10 heavy (non-hydrogen) atoms. The Morgan fingerprint density at radius 3 is 2.90 bits per heavy atom. The first-order valence-corrected chi connectivity index (χ1v) is 4.00. The molecule has 0 aliphatic carbocycles. The minimum Gasteiger partial charge on any atom is -0.396 e. The molecule has 0 radical (unpaired) electrons. The summed E-state index contributed by atoms with van der Waals surface area (Å²) in [5.74, 6) is 5.22. The Kier molecular flexibility index (Phi) is 5.38. The number of carbonyl (C=O) groups excluding carboxylic acids is 1. The van der Waals surface area contributed by atoms with E-state index in [4.69, 9.17) is 10.9 Å². The van der Waals surface area contributed by atoms with Gasteiger partial charge in [0.25, 0.3) is 0 Å². The summed E-state index contributed by atoms with van der Waals surface area (Å²) >= 11 is 1.37. The molecule has 0 saturated carbocycles. The van der Waals surface area contributed by atoms with Gasteiger partial charge < -0.3 is 5.11 Å². The molecule has 0 aliphatic heterocycles. The molecule has 0 aromatic carbocycles. The number of aliphatic hydroxyl groups is 1. The van der Waals surface area contributed by atoms with E-state index in [1.165, 1.54) is 11.8 Å². The summed E-state index contributed by atoms with van der Waals surface area (Å²) in [6.45, 7) is 1.83. The maximum atomic E-state index is 10.7. The summed E-state index contributed by atoms with van der Waals surface area (Å²) in [5, 5.41) is 8.20. The van der Waals surface area contributed by atoms with Crippen LogP contribution in [0.2, 0.25) is 0 Å². The first kappa shape index (κ1) is 9.74. The highest BCUT2D eigenvalue weighted by Gasteiger charge is 2.09. The predicted molar refractivity (Wildman–Crippen MR) is 41.3 cm³/mol. The molecule has 0 aliphatic rings. The number of carbonyl (C=O) groups is 1. The van der Waals surface area contributed by atoms with E-state index in [-0.39, 0.29) is 17.8 Å². The van der Waals surface area contributed by atoms with Gasteiger partial charge in [-0.3, -0.25) is 10.2 Å². The molecule has 0 saturated heterocycles. The normalized spacial score (nSPS) is 12.7. The summed E-state index contributed by atoms with van der Waals surface area (Å²) in [6.07, 6.45) is 0. The fraction of sp³-hybridized carbons (Fsp3) is 0.800. The highest BCUT2D eigenvalue weighted by atomic mass is 32.2. The predicted octanol–water partition coefficient (Wildman–Crippen LogP) is -0.910. The first-order valence-electron chi connectivity index (χ1n) is 2.95. The average molecular weight is 164 g/mol. The zero-order valence-electron chi connectivity index (χ0n) is 5.83. The second kappa shape index (κ2) is 5.52. The fourth-order valence-electron chi connectivity index (χ4n) is 0.423. The molecule has 1 atom stereocenters.